The summed E-state index contributed by atoms with van der Waals surface area (Å²) in [7, 11) is 1.95. The SMILES string of the molecule is C/C(=N\Nc1nc2ccccc2n1C)c1ccc(O)cc1. The van der Waals surface area contributed by atoms with Gasteiger partial charge in [0.25, 0.3) is 0 Å². The maximum Gasteiger partial charge on any atom is 0.224 e. The van der Waals surface area contributed by atoms with E-state index in [1.54, 1.807) is 12.1 Å². The van der Waals surface area contributed by atoms with Crippen LogP contribution < -0.4 is 5.43 Å². The van der Waals surface area contributed by atoms with Crippen LogP contribution in [0.15, 0.2) is 53.6 Å². The van der Waals surface area contributed by atoms with Crippen molar-refractivity contribution >= 4 is 22.7 Å². The van der Waals surface area contributed by atoms with E-state index in [0.717, 1.165) is 22.3 Å². The average Bonchev–Trinajstić information content (AvgIpc) is 2.82. The first kappa shape index (κ1) is 13.2. The Kier molecular flexibility index (Phi) is 3.31. The fourth-order valence-electron chi connectivity index (χ4n) is 2.15. The molecule has 5 nitrogen and oxygen atoms in total. The maximum atomic E-state index is 9.29. The number of nitrogens with zero attached hydrogens (tertiary/aromatic N) is 3. The van der Waals surface area contributed by atoms with Gasteiger partial charge in [0.1, 0.15) is 5.75 Å². The number of para-hydroxylation sites is 2. The predicted molar refractivity (Wildman–Crippen MR) is 84.7 cm³/mol. The van der Waals surface area contributed by atoms with Gasteiger partial charge in [-0.05, 0) is 48.9 Å². The fourth-order valence-corrected chi connectivity index (χ4v) is 2.15. The van der Waals surface area contributed by atoms with E-state index in [2.05, 4.69) is 15.5 Å². The number of nitrogens with one attached hydrogen (secondary N) is 1. The lowest BCUT2D eigenvalue weighted by molar-refractivity contribution is 0.475. The van der Waals surface area contributed by atoms with Crippen LogP contribution in [0.2, 0.25) is 0 Å². The second kappa shape index (κ2) is 5.28. The Morgan fingerprint density at radius 1 is 1.14 bits per heavy atom. The van der Waals surface area contributed by atoms with Crippen LogP contribution in [-0.2, 0) is 7.05 Å². The highest BCUT2D eigenvalue weighted by Crippen LogP contribution is 2.17. The van der Waals surface area contributed by atoms with Crippen molar-refractivity contribution in [1.82, 2.24) is 9.55 Å². The number of imidazole rings is 1. The molecule has 0 aliphatic heterocycles. The van der Waals surface area contributed by atoms with Gasteiger partial charge in [0, 0.05) is 7.05 Å². The third kappa shape index (κ3) is 2.58. The van der Waals surface area contributed by atoms with Crippen molar-refractivity contribution in [2.24, 2.45) is 12.1 Å². The zero-order valence-electron chi connectivity index (χ0n) is 11.9. The molecule has 0 spiro atoms. The largest absolute Gasteiger partial charge is 0.508 e. The molecule has 2 N–H and O–H groups in total. The first-order chi connectivity index (χ1) is 10.1. The molecule has 1 aromatic heterocycles. The molecular weight excluding hydrogens is 264 g/mol. The van der Waals surface area contributed by atoms with Gasteiger partial charge in [0.05, 0.1) is 16.7 Å². The van der Waals surface area contributed by atoms with Crippen molar-refractivity contribution in [2.75, 3.05) is 5.43 Å². The summed E-state index contributed by atoms with van der Waals surface area (Å²) >= 11 is 0. The van der Waals surface area contributed by atoms with Gasteiger partial charge in [0.15, 0.2) is 0 Å². The van der Waals surface area contributed by atoms with E-state index in [-0.39, 0.29) is 5.75 Å². The molecule has 0 amide bonds. The van der Waals surface area contributed by atoms with Crippen LogP contribution in [0.1, 0.15) is 12.5 Å². The Labute approximate surface area is 122 Å². The highest BCUT2D eigenvalue weighted by atomic mass is 16.3. The molecule has 0 saturated carbocycles. The predicted octanol–water partition coefficient (Wildman–Crippen LogP) is 3.12. The molecule has 0 atom stereocenters. The monoisotopic (exact) mass is 280 g/mol. The zero-order chi connectivity index (χ0) is 14.8. The molecule has 1 heterocycles. The normalized spacial score (nSPS) is 11.8. The van der Waals surface area contributed by atoms with Crippen LogP contribution >= 0.6 is 0 Å². The van der Waals surface area contributed by atoms with Crippen LogP contribution in [-0.4, -0.2) is 20.4 Å². The van der Waals surface area contributed by atoms with Gasteiger partial charge in [-0.2, -0.15) is 5.10 Å². The summed E-state index contributed by atoms with van der Waals surface area (Å²) in [5.41, 5.74) is 6.74. The summed E-state index contributed by atoms with van der Waals surface area (Å²) in [6.07, 6.45) is 0. The quantitative estimate of drug-likeness (QED) is 0.572. The Balaban J connectivity index is 1.86. The van der Waals surface area contributed by atoms with Crippen molar-refractivity contribution < 1.29 is 5.11 Å². The van der Waals surface area contributed by atoms with Gasteiger partial charge in [-0.15, -0.1) is 0 Å². The van der Waals surface area contributed by atoms with Crippen LogP contribution in [0.4, 0.5) is 5.95 Å². The molecule has 5 heteroatoms. The molecule has 0 aliphatic carbocycles. The number of fused-ring (bicyclic) bond motifs is 1. The number of aromatic hydroxyl groups is 1. The number of aryl methyl sites for hydroxylation is 1. The summed E-state index contributed by atoms with van der Waals surface area (Å²) in [6, 6.07) is 14.9. The van der Waals surface area contributed by atoms with E-state index >= 15 is 0 Å². The first-order valence-electron chi connectivity index (χ1n) is 6.66. The van der Waals surface area contributed by atoms with Crippen molar-refractivity contribution in [3.8, 4) is 5.75 Å². The molecule has 0 aliphatic rings. The smallest absolute Gasteiger partial charge is 0.224 e. The van der Waals surface area contributed by atoms with Crippen molar-refractivity contribution in [2.45, 2.75) is 6.92 Å². The summed E-state index contributed by atoms with van der Waals surface area (Å²) in [6.45, 7) is 1.90. The third-order valence-electron chi connectivity index (χ3n) is 3.40. The highest BCUT2D eigenvalue weighted by Gasteiger charge is 2.06. The van der Waals surface area contributed by atoms with Gasteiger partial charge in [-0.3, -0.25) is 0 Å². The molecule has 0 fully saturated rings. The minimum atomic E-state index is 0.245. The van der Waals surface area contributed by atoms with Gasteiger partial charge < -0.3 is 9.67 Å². The Morgan fingerprint density at radius 3 is 2.57 bits per heavy atom. The summed E-state index contributed by atoms with van der Waals surface area (Å²) < 4.78 is 1.96. The molecule has 106 valence electrons. The van der Waals surface area contributed by atoms with Crippen LogP contribution in [0, 0.1) is 0 Å². The highest BCUT2D eigenvalue weighted by molar-refractivity contribution is 5.99. The van der Waals surface area contributed by atoms with E-state index in [1.807, 2.05) is 54.9 Å². The topological polar surface area (TPSA) is 62.4 Å². The second-order valence-electron chi connectivity index (χ2n) is 4.84. The minimum Gasteiger partial charge on any atom is -0.508 e. The fraction of sp³-hybridized carbons (Fsp3) is 0.125. The van der Waals surface area contributed by atoms with Crippen LogP contribution in [0.5, 0.6) is 5.75 Å². The van der Waals surface area contributed by atoms with E-state index in [4.69, 9.17) is 0 Å². The van der Waals surface area contributed by atoms with E-state index in [0.29, 0.717) is 5.95 Å². The molecule has 2 aromatic carbocycles. The van der Waals surface area contributed by atoms with E-state index in [1.165, 1.54) is 0 Å². The number of benzene rings is 2. The standard InChI is InChI=1S/C16H16N4O/c1-11(12-7-9-13(21)10-8-12)18-19-16-17-14-5-3-4-6-15(14)20(16)2/h3-10,21H,1-2H3,(H,17,19)/b18-11+. The maximum absolute atomic E-state index is 9.29. The molecule has 0 bridgehead atoms. The molecule has 0 radical (unpaired) electrons. The average molecular weight is 280 g/mol. The lowest BCUT2D eigenvalue weighted by atomic mass is 10.1. The number of phenolic OH excluding ortho intramolecular Hbond substituents is 1. The number of hydrazone groups is 1. The molecule has 0 unspecified atom stereocenters. The number of phenols is 1. The number of rotatable bonds is 3. The Hall–Kier alpha value is -2.82. The van der Waals surface area contributed by atoms with Crippen LogP contribution in [0.3, 0.4) is 0 Å². The number of hydrogen-bond donors (Lipinski definition) is 2. The number of hydrogen-bond acceptors (Lipinski definition) is 4. The lowest BCUT2D eigenvalue weighted by Gasteiger charge is -2.04. The first-order valence-corrected chi connectivity index (χ1v) is 6.66. The molecule has 21 heavy (non-hydrogen) atoms. The molecule has 0 saturated heterocycles. The molecule has 3 rings (SSSR count). The summed E-state index contributed by atoms with van der Waals surface area (Å²) in [5.74, 6) is 0.934. The summed E-state index contributed by atoms with van der Waals surface area (Å²) in [5, 5.41) is 13.6. The van der Waals surface area contributed by atoms with Gasteiger partial charge >= 0.3 is 0 Å². The van der Waals surface area contributed by atoms with Crippen molar-refractivity contribution in [3.05, 3.63) is 54.1 Å². The van der Waals surface area contributed by atoms with Gasteiger partial charge in [-0.1, -0.05) is 12.1 Å². The van der Waals surface area contributed by atoms with Gasteiger partial charge in [0.2, 0.25) is 5.95 Å². The van der Waals surface area contributed by atoms with Gasteiger partial charge in [-0.25, -0.2) is 10.4 Å². The molecular formula is C16H16N4O. The lowest BCUT2D eigenvalue weighted by Crippen LogP contribution is -2.03. The number of aromatic nitrogens is 2. The van der Waals surface area contributed by atoms with Crippen molar-refractivity contribution in [1.29, 1.82) is 0 Å². The summed E-state index contributed by atoms with van der Waals surface area (Å²) in [4.78, 5) is 4.50. The second-order valence-corrected chi connectivity index (χ2v) is 4.84. The zero-order valence-corrected chi connectivity index (χ0v) is 11.9. The number of anilines is 1. The Bertz CT molecular complexity index is 803. The minimum absolute atomic E-state index is 0.245. The van der Waals surface area contributed by atoms with E-state index in [9.17, 15) is 5.11 Å². The Morgan fingerprint density at radius 2 is 1.86 bits per heavy atom. The third-order valence-corrected chi connectivity index (χ3v) is 3.40. The molecule has 3 aromatic rings. The van der Waals surface area contributed by atoms with E-state index < -0.39 is 0 Å². The van der Waals surface area contributed by atoms with Crippen LogP contribution in [0.25, 0.3) is 11.0 Å². The van der Waals surface area contributed by atoms with Crippen molar-refractivity contribution in [3.63, 3.8) is 0 Å².